The maximum atomic E-state index is 2.43. The maximum absolute atomic E-state index is 2.43. The molecule has 0 unspecified atom stereocenters. The van der Waals surface area contributed by atoms with E-state index in [4.69, 9.17) is 0 Å². The average molecular weight is 905 g/mol. The first kappa shape index (κ1) is 41.0. The second-order valence-electron chi connectivity index (χ2n) is 19.7. The van der Waals surface area contributed by atoms with Crippen molar-refractivity contribution in [2.75, 3.05) is 4.90 Å². The molecule has 0 N–H and O–H groups in total. The average Bonchev–Trinajstić information content (AvgIpc) is 3.88. The highest BCUT2D eigenvalue weighted by Gasteiger charge is 2.35. The summed E-state index contributed by atoms with van der Waals surface area (Å²) in [6.45, 7) is 4.70. The Kier molecular flexibility index (Phi) is 9.28. The smallest absolute Gasteiger partial charge is 0.0541 e. The van der Waals surface area contributed by atoms with E-state index >= 15 is 0 Å². The molecule has 2 heteroatoms. The van der Waals surface area contributed by atoms with Crippen molar-refractivity contribution in [3.8, 4) is 50.2 Å². The molecule has 12 aromatic carbocycles. The van der Waals surface area contributed by atoms with Crippen molar-refractivity contribution in [2.45, 2.75) is 19.3 Å². The summed E-state index contributed by atoms with van der Waals surface area (Å²) in [5.41, 5.74) is 19.4. The molecule has 71 heavy (non-hydrogen) atoms. The van der Waals surface area contributed by atoms with Crippen LogP contribution in [-0.4, -0.2) is 4.57 Å². The van der Waals surface area contributed by atoms with Gasteiger partial charge in [-0.05, 0) is 167 Å². The lowest BCUT2D eigenvalue weighted by atomic mass is 9.82. The van der Waals surface area contributed by atoms with Gasteiger partial charge in [-0.15, -0.1) is 0 Å². The number of benzene rings is 12. The van der Waals surface area contributed by atoms with Gasteiger partial charge in [0.05, 0.1) is 11.0 Å². The molecule has 1 heterocycles. The predicted octanol–water partition coefficient (Wildman–Crippen LogP) is 19.0. The Hall–Kier alpha value is -8.98. The molecule has 0 saturated heterocycles. The van der Waals surface area contributed by atoms with Crippen molar-refractivity contribution in [1.82, 2.24) is 4.57 Å². The largest absolute Gasteiger partial charge is 0.310 e. The van der Waals surface area contributed by atoms with Crippen molar-refractivity contribution < 1.29 is 0 Å². The van der Waals surface area contributed by atoms with Crippen LogP contribution in [0, 0.1) is 0 Å². The van der Waals surface area contributed by atoms with Gasteiger partial charge in [0.25, 0.3) is 0 Å². The molecule has 0 radical (unpaired) electrons. The highest BCUT2D eigenvalue weighted by Crippen LogP contribution is 2.51. The van der Waals surface area contributed by atoms with Crippen LogP contribution in [0.5, 0.6) is 0 Å². The van der Waals surface area contributed by atoms with Crippen LogP contribution >= 0.6 is 0 Å². The van der Waals surface area contributed by atoms with E-state index in [1.54, 1.807) is 0 Å². The summed E-state index contributed by atoms with van der Waals surface area (Å²) in [5.74, 6) is 0. The van der Waals surface area contributed by atoms with E-state index in [1.165, 1.54) is 110 Å². The molecule has 0 saturated carbocycles. The first-order valence-corrected chi connectivity index (χ1v) is 24.7. The van der Waals surface area contributed by atoms with Crippen molar-refractivity contribution in [1.29, 1.82) is 0 Å². The molecule has 0 bridgehead atoms. The highest BCUT2D eigenvalue weighted by atomic mass is 15.1. The Morgan fingerprint density at radius 3 is 1.32 bits per heavy atom. The lowest BCUT2D eigenvalue weighted by molar-refractivity contribution is 0.660. The first-order valence-electron chi connectivity index (χ1n) is 24.7. The Morgan fingerprint density at radius 2 is 0.704 bits per heavy atom. The second kappa shape index (κ2) is 16.1. The summed E-state index contributed by atoms with van der Waals surface area (Å²) in [6.07, 6.45) is 0. The van der Waals surface area contributed by atoms with Crippen LogP contribution in [0.1, 0.15) is 25.0 Å². The standard InChI is InChI=1S/C69H48N2/c1-69(2)65-24-14-13-23-60(65)61-38-36-54(44-66(61)69)70(51-17-7-4-8-18-51)52-32-25-47(26-33-52)50-31-40-68-64(43-50)63-42-49(45-15-5-3-6-16-45)30-39-67(63)71(68)53-34-27-46(28-35-53)48-29-37-59-57-21-10-9-19-55(57)56-20-11-12-22-58(56)62(59)41-48/h3-44H,1-2H3. The van der Waals surface area contributed by atoms with E-state index in [1.807, 2.05) is 0 Å². The molecule has 0 atom stereocenters. The monoisotopic (exact) mass is 904 g/mol. The van der Waals surface area contributed by atoms with E-state index in [2.05, 4.69) is 278 Å². The van der Waals surface area contributed by atoms with Crippen LogP contribution in [0.25, 0.3) is 104 Å². The highest BCUT2D eigenvalue weighted by molar-refractivity contribution is 6.25. The molecule has 0 spiro atoms. The summed E-state index contributed by atoms with van der Waals surface area (Å²) < 4.78 is 2.43. The zero-order chi connectivity index (χ0) is 47.2. The van der Waals surface area contributed by atoms with E-state index in [0.717, 1.165) is 22.7 Å². The summed E-state index contributed by atoms with van der Waals surface area (Å²) in [4.78, 5) is 2.39. The van der Waals surface area contributed by atoms with Gasteiger partial charge < -0.3 is 9.47 Å². The molecular weight excluding hydrogens is 857 g/mol. The predicted molar refractivity (Wildman–Crippen MR) is 302 cm³/mol. The minimum Gasteiger partial charge on any atom is -0.310 e. The molecule has 0 fully saturated rings. The summed E-state index contributed by atoms with van der Waals surface area (Å²) in [6, 6.07) is 94.1. The minimum absolute atomic E-state index is 0.0917. The van der Waals surface area contributed by atoms with Gasteiger partial charge in [-0.1, -0.05) is 190 Å². The number of nitrogens with zero attached hydrogens (tertiary/aromatic N) is 2. The number of rotatable bonds is 7. The van der Waals surface area contributed by atoms with Crippen LogP contribution in [0.2, 0.25) is 0 Å². The Balaban J connectivity index is 0.853. The normalized spacial score (nSPS) is 12.8. The Morgan fingerprint density at radius 1 is 0.282 bits per heavy atom. The topological polar surface area (TPSA) is 8.17 Å². The SMILES string of the molecule is CC1(C)c2ccccc2-c2ccc(N(c3ccccc3)c3ccc(-c4ccc5c(c4)c4cc(-c6ccccc6)ccc4n5-c4ccc(-c5ccc6c7ccccc7c7ccccc7c6c5)cc4)cc3)cc21. The lowest BCUT2D eigenvalue weighted by Crippen LogP contribution is -2.16. The molecule has 0 aliphatic heterocycles. The molecule has 334 valence electrons. The van der Waals surface area contributed by atoms with Gasteiger partial charge in [-0.3, -0.25) is 0 Å². The van der Waals surface area contributed by atoms with Gasteiger partial charge in [0.15, 0.2) is 0 Å². The third-order valence-corrected chi connectivity index (χ3v) is 15.4. The van der Waals surface area contributed by atoms with Crippen LogP contribution in [0.15, 0.2) is 255 Å². The van der Waals surface area contributed by atoms with Gasteiger partial charge in [0.1, 0.15) is 0 Å². The van der Waals surface area contributed by atoms with Crippen LogP contribution in [0.3, 0.4) is 0 Å². The molecule has 13 aromatic rings. The number of fused-ring (bicyclic) bond motifs is 12. The zero-order valence-corrected chi connectivity index (χ0v) is 39.6. The quantitative estimate of drug-likeness (QED) is 0.145. The first-order chi connectivity index (χ1) is 35.0. The van der Waals surface area contributed by atoms with Crippen LogP contribution < -0.4 is 4.90 Å². The number of aromatic nitrogens is 1. The number of hydrogen-bond acceptors (Lipinski definition) is 1. The van der Waals surface area contributed by atoms with Crippen molar-refractivity contribution in [3.63, 3.8) is 0 Å². The maximum Gasteiger partial charge on any atom is 0.0541 e. The van der Waals surface area contributed by atoms with E-state index < -0.39 is 0 Å². The fourth-order valence-electron chi connectivity index (χ4n) is 11.8. The zero-order valence-electron chi connectivity index (χ0n) is 39.6. The van der Waals surface area contributed by atoms with E-state index in [0.29, 0.717) is 0 Å². The Labute approximate surface area is 414 Å². The molecule has 14 rings (SSSR count). The minimum atomic E-state index is -0.0917. The summed E-state index contributed by atoms with van der Waals surface area (Å²) in [5, 5.41) is 10.2. The van der Waals surface area contributed by atoms with Crippen LogP contribution in [-0.2, 0) is 5.41 Å². The van der Waals surface area contributed by atoms with Gasteiger partial charge in [0, 0.05) is 38.9 Å². The molecule has 1 aliphatic carbocycles. The van der Waals surface area contributed by atoms with Gasteiger partial charge in [0.2, 0.25) is 0 Å². The molecule has 1 aromatic heterocycles. The van der Waals surface area contributed by atoms with Gasteiger partial charge >= 0.3 is 0 Å². The van der Waals surface area contributed by atoms with Gasteiger partial charge in [-0.25, -0.2) is 0 Å². The van der Waals surface area contributed by atoms with E-state index in [9.17, 15) is 0 Å². The fraction of sp³-hybridized carbons (Fsp3) is 0.0435. The number of para-hydroxylation sites is 1. The molecular formula is C69H48N2. The second-order valence-corrected chi connectivity index (χ2v) is 19.7. The van der Waals surface area contributed by atoms with Crippen molar-refractivity contribution >= 4 is 71.2 Å². The number of anilines is 3. The summed E-state index contributed by atoms with van der Waals surface area (Å²) in [7, 11) is 0. The lowest BCUT2D eigenvalue weighted by Gasteiger charge is -2.28. The fourth-order valence-corrected chi connectivity index (χ4v) is 11.8. The summed E-state index contributed by atoms with van der Waals surface area (Å²) >= 11 is 0. The Bertz CT molecular complexity index is 4180. The van der Waals surface area contributed by atoms with Crippen molar-refractivity contribution in [3.05, 3.63) is 266 Å². The molecule has 1 aliphatic rings. The van der Waals surface area contributed by atoms with Crippen LogP contribution in [0.4, 0.5) is 17.1 Å². The number of hydrogen-bond donors (Lipinski definition) is 0. The van der Waals surface area contributed by atoms with Gasteiger partial charge in [-0.2, -0.15) is 0 Å². The molecule has 2 nitrogen and oxygen atoms in total. The third kappa shape index (κ3) is 6.56. The van der Waals surface area contributed by atoms with Crippen molar-refractivity contribution in [2.24, 2.45) is 0 Å². The van der Waals surface area contributed by atoms with E-state index in [-0.39, 0.29) is 5.41 Å². The molecule has 0 amide bonds. The third-order valence-electron chi connectivity index (χ3n) is 15.4.